The van der Waals surface area contributed by atoms with Gasteiger partial charge in [0.2, 0.25) is 0 Å². The Labute approximate surface area is 78.2 Å². The predicted molar refractivity (Wildman–Crippen MR) is 52.3 cm³/mol. The lowest BCUT2D eigenvalue weighted by molar-refractivity contribution is 0.0695. The number of carboxylic acid groups (broad SMARTS) is 1. The zero-order valence-corrected chi connectivity index (χ0v) is 8.22. The topological polar surface area (TPSA) is 37.3 Å². The fourth-order valence-electron chi connectivity index (χ4n) is 1.59. The Hall–Kier alpha value is -1.31. The van der Waals surface area contributed by atoms with Crippen molar-refractivity contribution in [2.24, 2.45) is 0 Å². The molecule has 0 bridgehead atoms. The normalized spacial score (nSPS) is 10.1. The summed E-state index contributed by atoms with van der Waals surface area (Å²) in [4.78, 5) is 10.8. The van der Waals surface area contributed by atoms with E-state index in [0.717, 1.165) is 17.5 Å². The minimum atomic E-state index is -0.836. The molecule has 0 saturated heterocycles. The summed E-state index contributed by atoms with van der Waals surface area (Å²) in [5.41, 5.74) is 3.34. The third-order valence-electron chi connectivity index (χ3n) is 2.21. The molecule has 0 saturated carbocycles. The molecule has 0 unspecified atom stereocenters. The smallest absolute Gasteiger partial charge is 0.336 e. The third-order valence-corrected chi connectivity index (χ3v) is 2.21. The second kappa shape index (κ2) is 3.60. The van der Waals surface area contributed by atoms with Crippen molar-refractivity contribution in [3.63, 3.8) is 0 Å². The van der Waals surface area contributed by atoms with Crippen molar-refractivity contribution in [2.45, 2.75) is 27.2 Å². The van der Waals surface area contributed by atoms with Crippen LogP contribution in [0.1, 0.15) is 34.0 Å². The fourth-order valence-corrected chi connectivity index (χ4v) is 1.59. The largest absolute Gasteiger partial charge is 0.478 e. The van der Waals surface area contributed by atoms with Gasteiger partial charge in [-0.2, -0.15) is 0 Å². The van der Waals surface area contributed by atoms with E-state index in [2.05, 4.69) is 6.92 Å². The molecule has 0 aliphatic heterocycles. The van der Waals surface area contributed by atoms with Gasteiger partial charge in [-0.1, -0.05) is 19.1 Å². The molecule has 0 radical (unpaired) electrons. The third kappa shape index (κ3) is 1.89. The lowest BCUT2D eigenvalue weighted by atomic mass is 9.98. The van der Waals surface area contributed by atoms with Gasteiger partial charge in [0.25, 0.3) is 0 Å². The molecule has 0 aromatic heterocycles. The minimum Gasteiger partial charge on any atom is -0.478 e. The Balaban J connectivity index is 3.31. The maximum Gasteiger partial charge on any atom is 0.336 e. The van der Waals surface area contributed by atoms with Gasteiger partial charge < -0.3 is 5.11 Å². The maximum atomic E-state index is 10.8. The van der Waals surface area contributed by atoms with Crippen molar-refractivity contribution < 1.29 is 9.90 Å². The van der Waals surface area contributed by atoms with Crippen LogP contribution in [0.2, 0.25) is 0 Å². The first kappa shape index (κ1) is 9.78. The molecule has 0 fully saturated rings. The SMILES string of the molecule is CCc1cc(C)c(C(=O)O)c(C)c1. The van der Waals surface area contributed by atoms with Crippen LogP contribution in [0.5, 0.6) is 0 Å². The molecule has 1 aromatic carbocycles. The molecule has 0 aliphatic carbocycles. The van der Waals surface area contributed by atoms with Gasteiger partial charge in [-0.05, 0) is 37.0 Å². The average Bonchev–Trinajstić information content (AvgIpc) is 2.02. The number of rotatable bonds is 2. The van der Waals surface area contributed by atoms with Gasteiger partial charge in [0.1, 0.15) is 0 Å². The summed E-state index contributed by atoms with van der Waals surface area (Å²) in [6.45, 7) is 5.75. The molecule has 1 rings (SSSR count). The summed E-state index contributed by atoms with van der Waals surface area (Å²) in [5.74, 6) is -0.836. The second-order valence-corrected chi connectivity index (χ2v) is 3.26. The van der Waals surface area contributed by atoms with Crippen LogP contribution in [0.15, 0.2) is 12.1 Å². The standard InChI is InChI=1S/C11H14O2/c1-4-9-5-7(2)10(11(12)13)8(3)6-9/h5-6H,4H2,1-3H3,(H,12,13). The van der Waals surface area contributed by atoms with E-state index in [9.17, 15) is 4.79 Å². The van der Waals surface area contributed by atoms with Crippen LogP contribution in [0.4, 0.5) is 0 Å². The van der Waals surface area contributed by atoms with Gasteiger partial charge in [0.15, 0.2) is 0 Å². The van der Waals surface area contributed by atoms with E-state index in [1.807, 2.05) is 26.0 Å². The highest BCUT2D eigenvalue weighted by Gasteiger charge is 2.10. The van der Waals surface area contributed by atoms with Crippen LogP contribution in [0.25, 0.3) is 0 Å². The summed E-state index contributed by atoms with van der Waals surface area (Å²) in [6.07, 6.45) is 0.946. The molecule has 0 aliphatic rings. The van der Waals surface area contributed by atoms with E-state index in [1.54, 1.807) is 0 Å². The van der Waals surface area contributed by atoms with Crippen molar-refractivity contribution in [3.05, 3.63) is 34.4 Å². The maximum absolute atomic E-state index is 10.8. The highest BCUT2D eigenvalue weighted by atomic mass is 16.4. The number of carboxylic acids is 1. The summed E-state index contributed by atoms with van der Waals surface area (Å²) in [7, 11) is 0. The highest BCUT2D eigenvalue weighted by molar-refractivity contribution is 5.91. The quantitative estimate of drug-likeness (QED) is 0.755. The molecule has 70 valence electrons. The van der Waals surface area contributed by atoms with Crippen molar-refractivity contribution in [1.82, 2.24) is 0 Å². The van der Waals surface area contributed by atoms with Gasteiger partial charge in [-0.25, -0.2) is 4.79 Å². The predicted octanol–water partition coefficient (Wildman–Crippen LogP) is 2.56. The van der Waals surface area contributed by atoms with Crippen LogP contribution in [0.3, 0.4) is 0 Å². The second-order valence-electron chi connectivity index (χ2n) is 3.26. The average molecular weight is 178 g/mol. The summed E-state index contributed by atoms with van der Waals surface area (Å²) in [6, 6.07) is 3.88. The van der Waals surface area contributed by atoms with Crippen molar-refractivity contribution in [3.8, 4) is 0 Å². The Kier molecular flexibility index (Phi) is 2.71. The van der Waals surface area contributed by atoms with E-state index in [1.165, 1.54) is 5.56 Å². The Bertz CT molecular complexity index is 317. The number of aromatic carboxylic acids is 1. The molecule has 0 atom stereocenters. The Morgan fingerprint density at radius 3 is 2.08 bits per heavy atom. The van der Waals surface area contributed by atoms with Crippen LogP contribution in [-0.4, -0.2) is 11.1 Å². The first-order chi connectivity index (χ1) is 6.06. The van der Waals surface area contributed by atoms with Crippen LogP contribution >= 0.6 is 0 Å². The molecular weight excluding hydrogens is 164 g/mol. The van der Waals surface area contributed by atoms with Gasteiger partial charge in [0, 0.05) is 0 Å². The Morgan fingerprint density at radius 2 is 1.77 bits per heavy atom. The van der Waals surface area contributed by atoms with Crippen LogP contribution in [0, 0.1) is 13.8 Å². The Morgan fingerprint density at radius 1 is 1.31 bits per heavy atom. The van der Waals surface area contributed by atoms with Crippen LogP contribution < -0.4 is 0 Å². The van der Waals surface area contributed by atoms with Crippen LogP contribution in [-0.2, 0) is 6.42 Å². The lowest BCUT2D eigenvalue weighted by Crippen LogP contribution is -2.03. The monoisotopic (exact) mass is 178 g/mol. The summed E-state index contributed by atoms with van der Waals surface area (Å²) >= 11 is 0. The molecule has 0 heterocycles. The molecule has 2 nitrogen and oxygen atoms in total. The van der Waals surface area contributed by atoms with E-state index < -0.39 is 5.97 Å². The van der Waals surface area contributed by atoms with Gasteiger partial charge >= 0.3 is 5.97 Å². The minimum absolute atomic E-state index is 0.442. The van der Waals surface area contributed by atoms with Crippen molar-refractivity contribution >= 4 is 5.97 Å². The zero-order valence-electron chi connectivity index (χ0n) is 8.22. The molecular formula is C11H14O2. The van der Waals surface area contributed by atoms with E-state index in [4.69, 9.17) is 5.11 Å². The van der Waals surface area contributed by atoms with E-state index >= 15 is 0 Å². The number of carbonyl (C=O) groups is 1. The molecule has 0 amide bonds. The molecule has 1 N–H and O–H groups in total. The van der Waals surface area contributed by atoms with E-state index in [0.29, 0.717) is 5.56 Å². The summed E-state index contributed by atoms with van der Waals surface area (Å²) in [5, 5.41) is 8.91. The molecule has 13 heavy (non-hydrogen) atoms. The first-order valence-corrected chi connectivity index (χ1v) is 4.39. The fraction of sp³-hybridized carbons (Fsp3) is 0.364. The molecule has 1 aromatic rings. The molecule has 2 heteroatoms. The highest BCUT2D eigenvalue weighted by Crippen LogP contribution is 2.16. The van der Waals surface area contributed by atoms with E-state index in [-0.39, 0.29) is 0 Å². The number of hydrogen-bond donors (Lipinski definition) is 1. The number of aryl methyl sites for hydroxylation is 3. The molecule has 0 spiro atoms. The summed E-state index contributed by atoms with van der Waals surface area (Å²) < 4.78 is 0. The van der Waals surface area contributed by atoms with Gasteiger partial charge in [0.05, 0.1) is 5.56 Å². The number of hydrogen-bond acceptors (Lipinski definition) is 1. The van der Waals surface area contributed by atoms with Gasteiger partial charge in [-0.3, -0.25) is 0 Å². The number of benzene rings is 1. The van der Waals surface area contributed by atoms with Gasteiger partial charge in [-0.15, -0.1) is 0 Å². The zero-order chi connectivity index (χ0) is 10.0. The van der Waals surface area contributed by atoms with Crippen molar-refractivity contribution in [1.29, 1.82) is 0 Å². The lowest BCUT2D eigenvalue weighted by Gasteiger charge is -2.07. The first-order valence-electron chi connectivity index (χ1n) is 4.39. The van der Waals surface area contributed by atoms with Crippen molar-refractivity contribution in [2.75, 3.05) is 0 Å².